The molecule has 0 aromatic heterocycles. The Morgan fingerprint density at radius 1 is 0.905 bits per heavy atom. The van der Waals surface area contributed by atoms with E-state index in [2.05, 4.69) is 10.6 Å². The van der Waals surface area contributed by atoms with Crippen LogP contribution in [-0.4, -0.2) is 35.9 Å². The van der Waals surface area contributed by atoms with Gasteiger partial charge < -0.3 is 15.7 Å². The lowest BCUT2D eigenvalue weighted by Gasteiger charge is -2.38. The van der Waals surface area contributed by atoms with E-state index in [4.69, 9.17) is 0 Å². The Bertz CT molecular complexity index is 306. The number of nitrogens with one attached hydrogen (secondary N) is 2. The van der Waals surface area contributed by atoms with Gasteiger partial charge in [-0.05, 0) is 51.0 Å². The Hall–Kier alpha value is -0.120. The Morgan fingerprint density at radius 3 is 2.38 bits per heavy atom. The third-order valence-corrected chi connectivity index (χ3v) is 6.16. The first kappa shape index (κ1) is 15.8. The molecular formula is C18H34N2O. The molecule has 2 saturated carbocycles. The van der Waals surface area contributed by atoms with Crippen molar-refractivity contribution in [2.45, 2.75) is 94.7 Å². The van der Waals surface area contributed by atoms with Crippen LogP contribution in [0.25, 0.3) is 0 Å². The fraction of sp³-hybridized carbons (Fsp3) is 1.00. The fourth-order valence-electron chi connectivity index (χ4n) is 4.86. The maximum absolute atomic E-state index is 10.9. The zero-order chi connectivity index (χ0) is 14.5. The highest BCUT2D eigenvalue weighted by Gasteiger charge is 2.35. The predicted molar refractivity (Wildman–Crippen MR) is 87.4 cm³/mol. The molecule has 1 saturated heterocycles. The van der Waals surface area contributed by atoms with Gasteiger partial charge in [0.15, 0.2) is 0 Å². The SMILES string of the molecule is OC1(CNC2CCCCC2C2CCCN2)CCCCCC1. The molecule has 1 heterocycles. The van der Waals surface area contributed by atoms with Gasteiger partial charge in [0.1, 0.15) is 0 Å². The lowest BCUT2D eigenvalue weighted by molar-refractivity contribution is 0.0181. The molecule has 3 rings (SSSR count). The molecule has 1 aliphatic heterocycles. The summed E-state index contributed by atoms with van der Waals surface area (Å²) in [6.07, 6.45) is 15.1. The first-order valence-electron chi connectivity index (χ1n) is 9.46. The van der Waals surface area contributed by atoms with E-state index in [1.165, 1.54) is 70.8 Å². The number of hydrogen-bond donors (Lipinski definition) is 3. The second-order valence-corrected chi connectivity index (χ2v) is 7.78. The van der Waals surface area contributed by atoms with E-state index in [9.17, 15) is 5.11 Å². The molecule has 3 unspecified atom stereocenters. The Morgan fingerprint density at radius 2 is 1.67 bits per heavy atom. The van der Waals surface area contributed by atoms with Crippen LogP contribution in [-0.2, 0) is 0 Å². The van der Waals surface area contributed by atoms with Gasteiger partial charge in [0.05, 0.1) is 5.60 Å². The first-order chi connectivity index (χ1) is 10.3. The summed E-state index contributed by atoms with van der Waals surface area (Å²) in [7, 11) is 0. The molecule has 0 bridgehead atoms. The maximum Gasteiger partial charge on any atom is 0.0771 e. The second kappa shape index (κ2) is 7.43. The average Bonchev–Trinajstić information content (AvgIpc) is 2.95. The van der Waals surface area contributed by atoms with E-state index < -0.39 is 5.60 Å². The third-order valence-electron chi connectivity index (χ3n) is 6.16. The zero-order valence-electron chi connectivity index (χ0n) is 13.6. The minimum atomic E-state index is -0.429. The molecule has 3 atom stereocenters. The molecule has 21 heavy (non-hydrogen) atoms. The maximum atomic E-state index is 10.9. The van der Waals surface area contributed by atoms with Crippen molar-refractivity contribution in [1.82, 2.24) is 10.6 Å². The van der Waals surface area contributed by atoms with Gasteiger partial charge in [-0.1, -0.05) is 38.5 Å². The van der Waals surface area contributed by atoms with Gasteiger partial charge in [-0.2, -0.15) is 0 Å². The number of rotatable bonds is 4. The molecule has 3 aliphatic rings. The minimum Gasteiger partial charge on any atom is -0.389 e. The summed E-state index contributed by atoms with van der Waals surface area (Å²) in [6, 6.07) is 1.35. The van der Waals surface area contributed by atoms with Crippen LogP contribution in [0.2, 0.25) is 0 Å². The summed E-state index contributed by atoms with van der Waals surface area (Å²) in [5, 5.41) is 18.4. The van der Waals surface area contributed by atoms with Crippen LogP contribution in [0.15, 0.2) is 0 Å². The molecule has 3 nitrogen and oxygen atoms in total. The van der Waals surface area contributed by atoms with Crippen LogP contribution in [0.5, 0.6) is 0 Å². The second-order valence-electron chi connectivity index (χ2n) is 7.78. The van der Waals surface area contributed by atoms with Crippen LogP contribution in [0.1, 0.15) is 77.0 Å². The molecule has 3 heteroatoms. The number of aliphatic hydroxyl groups is 1. The van der Waals surface area contributed by atoms with Crippen LogP contribution >= 0.6 is 0 Å². The smallest absolute Gasteiger partial charge is 0.0771 e. The average molecular weight is 294 g/mol. The van der Waals surface area contributed by atoms with Crippen molar-refractivity contribution < 1.29 is 5.11 Å². The van der Waals surface area contributed by atoms with Gasteiger partial charge in [0, 0.05) is 18.6 Å². The topological polar surface area (TPSA) is 44.3 Å². The molecule has 3 fully saturated rings. The highest BCUT2D eigenvalue weighted by atomic mass is 16.3. The van der Waals surface area contributed by atoms with Gasteiger partial charge in [0.2, 0.25) is 0 Å². The van der Waals surface area contributed by atoms with E-state index in [1.54, 1.807) is 0 Å². The van der Waals surface area contributed by atoms with Crippen molar-refractivity contribution in [2.75, 3.05) is 13.1 Å². The molecule has 0 aromatic rings. The van der Waals surface area contributed by atoms with Crippen LogP contribution in [0, 0.1) is 5.92 Å². The standard InChI is InChI=1S/C18H34N2O/c21-18(11-5-1-2-6-12-18)14-20-17-9-4-3-8-15(17)16-10-7-13-19-16/h15-17,19-21H,1-14H2. The van der Waals surface area contributed by atoms with Crippen molar-refractivity contribution in [2.24, 2.45) is 5.92 Å². The summed E-state index contributed by atoms with van der Waals surface area (Å²) in [5.74, 6) is 0.788. The predicted octanol–water partition coefficient (Wildman–Crippen LogP) is 2.97. The van der Waals surface area contributed by atoms with Crippen LogP contribution in [0.3, 0.4) is 0 Å². The van der Waals surface area contributed by atoms with Gasteiger partial charge in [0.25, 0.3) is 0 Å². The fourth-order valence-corrected chi connectivity index (χ4v) is 4.86. The quantitative estimate of drug-likeness (QED) is 0.699. The molecule has 0 spiro atoms. The highest BCUT2D eigenvalue weighted by molar-refractivity contribution is 4.93. The van der Waals surface area contributed by atoms with Gasteiger partial charge in [-0.15, -0.1) is 0 Å². The molecule has 2 aliphatic carbocycles. The van der Waals surface area contributed by atoms with Crippen LogP contribution in [0.4, 0.5) is 0 Å². The van der Waals surface area contributed by atoms with E-state index in [1.807, 2.05) is 0 Å². The van der Waals surface area contributed by atoms with E-state index >= 15 is 0 Å². The van der Waals surface area contributed by atoms with Gasteiger partial charge in [-0.3, -0.25) is 0 Å². The first-order valence-corrected chi connectivity index (χ1v) is 9.46. The molecule has 3 N–H and O–H groups in total. The Labute approximate surface area is 130 Å². The Balaban J connectivity index is 1.54. The molecule has 0 amide bonds. The van der Waals surface area contributed by atoms with E-state index in [0.29, 0.717) is 6.04 Å². The van der Waals surface area contributed by atoms with E-state index in [0.717, 1.165) is 31.3 Å². The normalized spacial score (nSPS) is 37.3. The lowest BCUT2D eigenvalue weighted by Crippen LogP contribution is -2.51. The van der Waals surface area contributed by atoms with Gasteiger partial charge in [-0.25, -0.2) is 0 Å². The van der Waals surface area contributed by atoms with Crippen molar-refractivity contribution in [1.29, 1.82) is 0 Å². The van der Waals surface area contributed by atoms with Crippen molar-refractivity contribution in [3.8, 4) is 0 Å². The molecular weight excluding hydrogens is 260 g/mol. The van der Waals surface area contributed by atoms with E-state index in [-0.39, 0.29) is 0 Å². The minimum absolute atomic E-state index is 0.429. The monoisotopic (exact) mass is 294 g/mol. The zero-order valence-corrected chi connectivity index (χ0v) is 13.6. The molecule has 0 radical (unpaired) electrons. The summed E-state index contributed by atoms with van der Waals surface area (Å²) in [5.41, 5.74) is -0.429. The van der Waals surface area contributed by atoms with Crippen molar-refractivity contribution in [3.63, 3.8) is 0 Å². The summed E-state index contributed by atoms with van der Waals surface area (Å²) in [6.45, 7) is 2.03. The molecule has 122 valence electrons. The largest absolute Gasteiger partial charge is 0.389 e. The van der Waals surface area contributed by atoms with Gasteiger partial charge >= 0.3 is 0 Å². The third kappa shape index (κ3) is 4.20. The highest BCUT2D eigenvalue weighted by Crippen LogP contribution is 2.32. The lowest BCUT2D eigenvalue weighted by atomic mass is 9.79. The van der Waals surface area contributed by atoms with Crippen LogP contribution < -0.4 is 10.6 Å². The number of hydrogen-bond acceptors (Lipinski definition) is 3. The summed E-state index contributed by atoms with van der Waals surface area (Å²) >= 11 is 0. The van der Waals surface area contributed by atoms with Crippen molar-refractivity contribution >= 4 is 0 Å². The summed E-state index contributed by atoms with van der Waals surface area (Å²) in [4.78, 5) is 0. The molecule has 0 aromatic carbocycles. The summed E-state index contributed by atoms with van der Waals surface area (Å²) < 4.78 is 0. The van der Waals surface area contributed by atoms with Crippen molar-refractivity contribution in [3.05, 3.63) is 0 Å². The Kier molecular flexibility index (Phi) is 5.58.